The number of rotatable bonds is 4. The molecule has 0 amide bonds. The molecule has 4 rings (SSSR count). The van der Waals surface area contributed by atoms with Gasteiger partial charge in [0.1, 0.15) is 11.5 Å². The van der Waals surface area contributed by atoms with Crippen molar-refractivity contribution in [3.8, 4) is 11.5 Å². The van der Waals surface area contributed by atoms with Crippen molar-refractivity contribution in [1.82, 2.24) is 4.98 Å². The van der Waals surface area contributed by atoms with Gasteiger partial charge in [-0.2, -0.15) is 0 Å². The molecule has 1 aliphatic rings. The van der Waals surface area contributed by atoms with Crippen LogP contribution < -0.4 is 14.4 Å². The number of methoxy groups -OCH3 is 2. The lowest BCUT2D eigenvalue weighted by Crippen LogP contribution is -2.42. The van der Waals surface area contributed by atoms with Crippen LogP contribution in [0.4, 0.5) is 5.69 Å². The monoisotopic (exact) mass is 398 g/mol. The Morgan fingerprint density at radius 3 is 2.32 bits per heavy atom. The van der Waals surface area contributed by atoms with Crippen LogP contribution in [0.2, 0.25) is 5.02 Å². The summed E-state index contributed by atoms with van der Waals surface area (Å²) in [5.41, 5.74) is 1.91. The summed E-state index contributed by atoms with van der Waals surface area (Å²) in [5.74, 6) is 1.37. The first-order chi connectivity index (χ1) is 13.5. The number of halogens is 1. The fourth-order valence-corrected chi connectivity index (χ4v) is 4.03. The molecule has 1 aliphatic heterocycles. The number of nitrogens with zero attached hydrogens (tertiary/aromatic N) is 2. The zero-order valence-corrected chi connectivity index (χ0v) is 16.7. The summed E-state index contributed by atoms with van der Waals surface area (Å²) in [7, 11) is 3.23. The maximum Gasteiger partial charge on any atom is 0.122 e. The molecule has 5 nitrogen and oxygen atoms in total. The minimum atomic E-state index is -0.912. The van der Waals surface area contributed by atoms with Crippen LogP contribution in [0.1, 0.15) is 18.4 Å². The second-order valence-corrected chi connectivity index (χ2v) is 7.55. The summed E-state index contributed by atoms with van der Waals surface area (Å²) in [4.78, 5) is 6.72. The molecule has 0 spiro atoms. The highest BCUT2D eigenvalue weighted by atomic mass is 35.5. The first-order valence-corrected chi connectivity index (χ1v) is 9.65. The van der Waals surface area contributed by atoms with Gasteiger partial charge in [-0.1, -0.05) is 11.6 Å². The topological polar surface area (TPSA) is 54.8 Å². The van der Waals surface area contributed by atoms with E-state index in [0.29, 0.717) is 29.4 Å². The lowest BCUT2D eigenvalue weighted by atomic mass is 9.84. The predicted molar refractivity (Wildman–Crippen MR) is 112 cm³/mol. The highest BCUT2D eigenvalue weighted by Gasteiger charge is 2.35. The van der Waals surface area contributed by atoms with Crippen LogP contribution in [0.25, 0.3) is 10.9 Å². The molecule has 0 saturated carbocycles. The first-order valence-electron chi connectivity index (χ1n) is 9.27. The molecule has 0 radical (unpaired) electrons. The van der Waals surface area contributed by atoms with E-state index in [-0.39, 0.29) is 0 Å². The van der Waals surface area contributed by atoms with Gasteiger partial charge in [0.2, 0.25) is 0 Å². The molecule has 3 aromatic rings. The Morgan fingerprint density at radius 1 is 1.00 bits per heavy atom. The molecule has 0 aliphatic carbocycles. The fraction of sp³-hybridized carbons (Fsp3) is 0.318. The van der Waals surface area contributed by atoms with Crippen LogP contribution in [0, 0.1) is 0 Å². The number of pyridine rings is 1. The van der Waals surface area contributed by atoms with Gasteiger partial charge in [-0.05, 0) is 54.8 Å². The smallest absolute Gasteiger partial charge is 0.122 e. The molecule has 1 saturated heterocycles. The van der Waals surface area contributed by atoms with Gasteiger partial charge in [0.05, 0.1) is 25.3 Å². The summed E-state index contributed by atoms with van der Waals surface area (Å²) in [6.07, 6.45) is 3.03. The zero-order chi connectivity index (χ0) is 19.7. The van der Waals surface area contributed by atoms with Gasteiger partial charge >= 0.3 is 0 Å². The van der Waals surface area contributed by atoms with Gasteiger partial charge in [0.15, 0.2) is 0 Å². The van der Waals surface area contributed by atoms with Crippen molar-refractivity contribution in [3.63, 3.8) is 0 Å². The standard InChI is InChI=1S/C22H23ClN2O3/c1-27-17-11-15(12-18(14-17)28-2)22(26)6-9-25(10-7-22)21-5-8-24-20-13-16(23)3-4-19(20)21/h3-5,8,11-14,26H,6-7,9-10H2,1-2H3. The number of benzene rings is 2. The van der Waals surface area contributed by atoms with Crippen LogP contribution in [0.5, 0.6) is 11.5 Å². The molecule has 0 bridgehead atoms. The molecule has 0 unspecified atom stereocenters. The van der Waals surface area contributed by atoms with Crippen LogP contribution in [-0.4, -0.2) is 37.4 Å². The van der Waals surface area contributed by atoms with Crippen LogP contribution >= 0.6 is 11.6 Å². The third kappa shape index (κ3) is 3.48. The number of aromatic nitrogens is 1. The van der Waals surface area contributed by atoms with Crippen molar-refractivity contribution in [3.05, 3.63) is 59.2 Å². The van der Waals surface area contributed by atoms with Gasteiger partial charge in [0.25, 0.3) is 0 Å². The van der Waals surface area contributed by atoms with Crippen molar-refractivity contribution < 1.29 is 14.6 Å². The number of piperidine rings is 1. The quantitative estimate of drug-likeness (QED) is 0.706. The summed E-state index contributed by atoms with van der Waals surface area (Å²) in [5, 5.41) is 13.1. The molecule has 0 atom stereocenters. The van der Waals surface area contributed by atoms with Gasteiger partial charge in [-0.3, -0.25) is 4.98 Å². The SMILES string of the molecule is COc1cc(OC)cc(C2(O)CCN(c3ccnc4cc(Cl)ccc34)CC2)c1. The number of hydrogen-bond acceptors (Lipinski definition) is 5. The normalized spacial score (nSPS) is 16.2. The van der Waals surface area contributed by atoms with E-state index in [1.54, 1.807) is 14.2 Å². The average molecular weight is 399 g/mol. The van der Waals surface area contributed by atoms with Crippen molar-refractivity contribution >= 4 is 28.2 Å². The Kier molecular flexibility index (Phi) is 5.04. The molecule has 1 aromatic heterocycles. The zero-order valence-electron chi connectivity index (χ0n) is 16.0. The molecule has 1 N–H and O–H groups in total. The van der Waals surface area contributed by atoms with Crippen molar-refractivity contribution in [2.45, 2.75) is 18.4 Å². The molecule has 2 aromatic carbocycles. The summed E-state index contributed by atoms with van der Waals surface area (Å²) < 4.78 is 10.7. The van der Waals surface area contributed by atoms with Crippen LogP contribution in [-0.2, 0) is 5.60 Å². The first kappa shape index (κ1) is 18.8. The van der Waals surface area contributed by atoms with Crippen molar-refractivity contribution in [1.29, 1.82) is 0 Å². The van der Waals surface area contributed by atoms with Gasteiger partial charge in [-0.25, -0.2) is 0 Å². The van der Waals surface area contributed by atoms with E-state index >= 15 is 0 Å². The van der Waals surface area contributed by atoms with E-state index in [2.05, 4.69) is 9.88 Å². The van der Waals surface area contributed by atoms with Crippen LogP contribution in [0.15, 0.2) is 48.7 Å². The van der Waals surface area contributed by atoms with E-state index in [0.717, 1.165) is 35.2 Å². The molecule has 1 fully saturated rings. The second-order valence-electron chi connectivity index (χ2n) is 7.11. The Bertz CT molecular complexity index is 978. The summed E-state index contributed by atoms with van der Waals surface area (Å²) in [6, 6.07) is 13.4. The maximum absolute atomic E-state index is 11.3. The third-order valence-electron chi connectivity index (χ3n) is 5.50. The highest BCUT2D eigenvalue weighted by Crippen LogP contribution is 2.39. The minimum Gasteiger partial charge on any atom is -0.497 e. The number of fused-ring (bicyclic) bond motifs is 1. The molecule has 6 heteroatoms. The second kappa shape index (κ2) is 7.49. The predicted octanol–water partition coefficient (Wildman–Crippen LogP) is 4.39. The molecular formula is C22H23ClN2O3. The van der Waals surface area contributed by atoms with E-state index < -0.39 is 5.60 Å². The summed E-state index contributed by atoms with van der Waals surface area (Å²) >= 11 is 6.10. The van der Waals surface area contributed by atoms with E-state index in [4.69, 9.17) is 21.1 Å². The molecule has 28 heavy (non-hydrogen) atoms. The molecular weight excluding hydrogens is 376 g/mol. The van der Waals surface area contributed by atoms with Crippen molar-refractivity contribution in [2.75, 3.05) is 32.2 Å². The summed E-state index contributed by atoms with van der Waals surface area (Å²) in [6.45, 7) is 1.47. The van der Waals surface area contributed by atoms with Gasteiger partial charge in [0, 0.05) is 41.4 Å². The van der Waals surface area contributed by atoms with Gasteiger partial charge < -0.3 is 19.5 Å². The fourth-order valence-electron chi connectivity index (χ4n) is 3.86. The Labute approximate surface area is 169 Å². The maximum atomic E-state index is 11.3. The number of hydrogen-bond donors (Lipinski definition) is 1. The molecule has 2 heterocycles. The largest absolute Gasteiger partial charge is 0.497 e. The lowest BCUT2D eigenvalue weighted by molar-refractivity contribution is 0.0114. The number of anilines is 1. The highest BCUT2D eigenvalue weighted by molar-refractivity contribution is 6.31. The number of ether oxygens (including phenoxy) is 2. The van der Waals surface area contributed by atoms with E-state index in [9.17, 15) is 5.11 Å². The van der Waals surface area contributed by atoms with E-state index in [1.807, 2.05) is 48.7 Å². The third-order valence-corrected chi connectivity index (χ3v) is 5.74. The van der Waals surface area contributed by atoms with E-state index in [1.165, 1.54) is 0 Å². The van der Waals surface area contributed by atoms with Crippen molar-refractivity contribution in [2.24, 2.45) is 0 Å². The Morgan fingerprint density at radius 2 is 1.68 bits per heavy atom. The average Bonchev–Trinajstić information content (AvgIpc) is 2.73. The molecule has 146 valence electrons. The number of aliphatic hydroxyl groups is 1. The minimum absolute atomic E-state index is 0.612. The van der Waals surface area contributed by atoms with Crippen LogP contribution in [0.3, 0.4) is 0 Å². The Balaban J connectivity index is 1.60. The lowest BCUT2D eigenvalue weighted by Gasteiger charge is -2.40. The Hall–Kier alpha value is -2.50. The van der Waals surface area contributed by atoms with Gasteiger partial charge in [-0.15, -0.1) is 0 Å².